The average molecular weight is 259 g/mol. The highest BCUT2D eigenvalue weighted by molar-refractivity contribution is 7.81. The summed E-state index contributed by atoms with van der Waals surface area (Å²) in [4.78, 5) is 10.3. The Kier molecular flexibility index (Phi) is 5.61. The van der Waals surface area contributed by atoms with Gasteiger partial charge in [0, 0.05) is 4.75 Å². The summed E-state index contributed by atoms with van der Waals surface area (Å²) in [6.07, 6.45) is -5.09. The number of halogens is 3. The molecule has 1 unspecified atom stereocenters. The Morgan fingerprint density at radius 2 is 1.94 bits per heavy atom. The average Bonchev–Trinajstić information content (AvgIpc) is 1.97. The smallest absolute Gasteiger partial charge is 0.404 e. The van der Waals surface area contributed by atoms with Crippen LogP contribution in [0.2, 0.25) is 0 Å². The second-order valence-corrected chi connectivity index (χ2v) is 5.42. The van der Waals surface area contributed by atoms with Gasteiger partial charge in [-0.05, 0) is 13.0 Å². The van der Waals surface area contributed by atoms with Crippen molar-refractivity contribution < 1.29 is 23.1 Å². The predicted octanol–water partition coefficient (Wildman–Crippen LogP) is 2.08. The molecular weight excluding hydrogens is 243 g/mol. The van der Waals surface area contributed by atoms with Crippen molar-refractivity contribution in [2.75, 3.05) is 6.54 Å². The van der Waals surface area contributed by atoms with Gasteiger partial charge >= 0.3 is 12.1 Å². The number of thiol groups is 1. The molecule has 0 amide bonds. The van der Waals surface area contributed by atoms with E-state index >= 15 is 0 Å². The summed E-state index contributed by atoms with van der Waals surface area (Å²) in [6.45, 7) is 3.63. The normalized spacial score (nSPS) is 14.9. The molecule has 0 aromatic carbocycles. The van der Waals surface area contributed by atoms with Gasteiger partial charge in [0.2, 0.25) is 0 Å². The minimum atomic E-state index is -4.54. The lowest BCUT2D eigenvalue weighted by molar-refractivity contribution is -0.167. The van der Waals surface area contributed by atoms with E-state index in [2.05, 4.69) is 17.9 Å². The molecule has 0 rings (SSSR count). The minimum Gasteiger partial charge on any atom is -0.481 e. The maximum Gasteiger partial charge on any atom is 0.404 e. The zero-order chi connectivity index (χ0) is 13.0. The molecule has 0 aliphatic carbocycles. The van der Waals surface area contributed by atoms with E-state index in [0.29, 0.717) is 6.42 Å². The highest BCUT2D eigenvalue weighted by atomic mass is 32.1. The lowest BCUT2D eigenvalue weighted by atomic mass is 10.1. The number of hydrogen-bond acceptors (Lipinski definition) is 3. The third kappa shape index (κ3) is 7.81. The Labute approximate surface area is 97.8 Å². The summed E-state index contributed by atoms with van der Waals surface area (Å²) in [6, 6.07) is -2.00. The van der Waals surface area contributed by atoms with Crippen LogP contribution in [0.4, 0.5) is 13.2 Å². The van der Waals surface area contributed by atoms with Gasteiger partial charge in [-0.1, -0.05) is 13.8 Å². The Bertz CT molecular complexity index is 238. The monoisotopic (exact) mass is 259 g/mol. The molecule has 0 aliphatic heterocycles. The fraction of sp³-hybridized carbons (Fsp3) is 0.889. The minimum absolute atomic E-state index is 0.0773. The number of alkyl halides is 3. The molecule has 96 valence electrons. The van der Waals surface area contributed by atoms with Crippen molar-refractivity contribution in [2.24, 2.45) is 0 Å². The molecule has 0 radical (unpaired) electrons. The maximum absolute atomic E-state index is 12.4. The molecule has 0 spiro atoms. The van der Waals surface area contributed by atoms with Gasteiger partial charge in [-0.25, -0.2) is 0 Å². The Morgan fingerprint density at radius 3 is 2.25 bits per heavy atom. The van der Waals surface area contributed by atoms with Crippen molar-refractivity contribution in [2.45, 2.75) is 43.7 Å². The van der Waals surface area contributed by atoms with Crippen LogP contribution in [0.5, 0.6) is 0 Å². The zero-order valence-corrected chi connectivity index (χ0v) is 10.0. The van der Waals surface area contributed by atoms with Gasteiger partial charge in [0.25, 0.3) is 0 Å². The number of carbonyl (C=O) groups is 1. The van der Waals surface area contributed by atoms with Crippen LogP contribution in [0.15, 0.2) is 0 Å². The molecule has 0 fully saturated rings. The van der Waals surface area contributed by atoms with Crippen molar-refractivity contribution in [3.8, 4) is 0 Å². The molecule has 0 aliphatic rings. The fourth-order valence-corrected chi connectivity index (χ4v) is 1.14. The van der Waals surface area contributed by atoms with Gasteiger partial charge in [0.1, 0.15) is 6.04 Å². The second kappa shape index (κ2) is 5.77. The van der Waals surface area contributed by atoms with Crippen molar-refractivity contribution in [3.05, 3.63) is 0 Å². The van der Waals surface area contributed by atoms with E-state index < -0.39 is 24.6 Å². The topological polar surface area (TPSA) is 49.3 Å². The molecular formula is C9H16F3NO2S. The zero-order valence-electron chi connectivity index (χ0n) is 9.14. The highest BCUT2D eigenvalue weighted by Gasteiger charge is 2.40. The molecule has 0 aromatic heterocycles. The summed E-state index contributed by atoms with van der Waals surface area (Å²) < 4.78 is 36.7. The molecule has 0 heterocycles. The van der Waals surface area contributed by atoms with E-state index in [1.54, 1.807) is 13.8 Å². The van der Waals surface area contributed by atoms with Crippen LogP contribution in [0.1, 0.15) is 26.7 Å². The number of rotatable bonds is 6. The lowest BCUT2D eigenvalue weighted by Crippen LogP contribution is -2.44. The van der Waals surface area contributed by atoms with Crippen LogP contribution in [-0.4, -0.2) is 34.6 Å². The standard InChI is InChI=1S/C9H16F3NO2S/c1-8(2,16)3-4-13-6(5-7(14)15)9(10,11)12/h6,13,16H,3-5H2,1-2H3,(H,14,15). The summed E-state index contributed by atoms with van der Waals surface area (Å²) in [5.41, 5.74) is 0. The molecule has 7 heteroatoms. The lowest BCUT2D eigenvalue weighted by Gasteiger charge is -2.23. The van der Waals surface area contributed by atoms with Crippen LogP contribution >= 0.6 is 12.6 Å². The number of carboxylic acid groups (broad SMARTS) is 1. The first-order chi connectivity index (χ1) is 7.02. The van der Waals surface area contributed by atoms with Gasteiger partial charge in [-0.15, -0.1) is 0 Å². The number of hydrogen-bond donors (Lipinski definition) is 3. The van der Waals surface area contributed by atoms with Crippen LogP contribution < -0.4 is 5.32 Å². The quantitative estimate of drug-likeness (QED) is 0.640. The Balaban J connectivity index is 4.19. The Morgan fingerprint density at radius 1 is 1.44 bits per heavy atom. The van der Waals surface area contributed by atoms with E-state index in [9.17, 15) is 18.0 Å². The van der Waals surface area contributed by atoms with Crippen molar-refractivity contribution in [3.63, 3.8) is 0 Å². The SMILES string of the molecule is CC(C)(S)CCNC(CC(=O)O)C(F)(F)F. The summed E-state index contributed by atoms with van der Waals surface area (Å²) in [5.74, 6) is -1.47. The van der Waals surface area contributed by atoms with Gasteiger partial charge in [0.05, 0.1) is 6.42 Å². The number of carboxylic acids is 1. The van der Waals surface area contributed by atoms with Crippen molar-refractivity contribution >= 4 is 18.6 Å². The van der Waals surface area contributed by atoms with Gasteiger partial charge in [-0.3, -0.25) is 4.79 Å². The van der Waals surface area contributed by atoms with Gasteiger partial charge in [0.15, 0.2) is 0 Å². The second-order valence-electron chi connectivity index (χ2n) is 4.21. The molecule has 3 nitrogen and oxygen atoms in total. The van der Waals surface area contributed by atoms with Crippen LogP contribution in [-0.2, 0) is 4.79 Å². The molecule has 0 saturated carbocycles. The molecule has 1 atom stereocenters. The summed E-state index contributed by atoms with van der Waals surface area (Å²) >= 11 is 4.16. The summed E-state index contributed by atoms with van der Waals surface area (Å²) in [7, 11) is 0. The largest absolute Gasteiger partial charge is 0.481 e. The van der Waals surface area contributed by atoms with Crippen LogP contribution in [0.3, 0.4) is 0 Å². The van der Waals surface area contributed by atoms with Gasteiger partial charge < -0.3 is 10.4 Å². The maximum atomic E-state index is 12.4. The van der Waals surface area contributed by atoms with E-state index in [-0.39, 0.29) is 11.3 Å². The van der Waals surface area contributed by atoms with E-state index in [1.165, 1.54) is 0 Å². The third-order valence-electron chi connectivity index (χ3n) is 1.90. The first-order valence-corrected chi connectivity index (χ1v) is 5.21. The Hall–Kier alpha value is -0.430. The number of aliphatic carboxylic acids is 1. The number of nitrogens with one attached hydrogen (secondary N) is 1. The third-order valence-corrected chi connectivity index (χ3v) is 2.13. The molecule has 16 heavy (non-hydrogen) atoms. The molecule has 2 N–H and O–H groups in total. The highest BCUT2D eigenvalue weighted by Crippen LogP contribution is 2.23. The fourth-order valence-electron chi connectivity index (χ4n) is 1.03. The van der Waals surface area contributed by atoms with Gasteiger partial charge in [-0.2, -0.15) is 25.8 Å². The predicted molar refractivity (Wildman–Crippen MR) is 57.8 cm³/mol. The van der Waals surface area contributed by atoms with Crippen LogP contribution in [0, 0.1) is 0 Å². The van der Waals surface area contributed by atoms with Crippen molar-refractivity contribution in [1.29, 1.82) is 0 Å². The van der Waals surface area contributed by atoms with E-state index in [1.807, 2.05) is 0 Å². The van der Waals surface area contributed by atoms with Crippen molar-refractivity contribution in [1.82, 2.24) is 5.32 Å². The van der Waals surface area contributed by atoms with E-state index in [0.717, 1.165) is 0 Å². The molecule has 0 saturated heterocycles. The summed E-state index contributed by atoms with van der Waals surface area (Å²) in [5, 5.41) is 10.5. The molecule has 0 aromatic rings. The molecule has 0 bridgehead atoms. The van der Waals surface area contributed by atoms with E-state index in [4.69, 9.17) is 5.11 Å². The first kappa shape index (κ1) is 15.6. The van der Waals surface area contributed by atoms with Crippen LogP contribution in [0.25, 0.3) is 0 Å². The first-order valence-electron chi connectivity index (χ1n) is 4.76.